The van der Waals surface area contributed by atoms with Crippen molar-refractivity contribution in [2.45, 2.75) is 18.4 Å². The first-order valence-electron chi connectivity index (χ1n) is 5.68. The average Bonchev–Trinajstić information content (AvgIpc) is 2.39. The Morgan fingerprint density at radius 1 is 1.56 bits per heavy atom. The molecule has 1 aromatic rings. The van der Waals surface area contributed by atoms with E-state index in [0.29, 0.717) is 23.6 Å². The monoisotopic (exact) mass is 270 g/mol. The SMILES string of the molecule is NNC(=O)c1cc(C2(O)CCCOC2)ccc1Cl. The quantitative estimate of drug-likeness (QED) is 0.424. The number of hydrogen-bond donors (Lipinski definition) is 3. The van der Waals surface area contributed by atoms with E-state index in [1.807, 2.05) is 5.43 Å². The third kappa shape index (κ3) is 2.49. The van der Waals surface area contributed by atoms with E-state index in [1.165, 1.54) is 0 Å². The summed E-state index contributed by atoms with van der Waals surface area (Å²) in [6.45, 7) is 0.865. The normalized spacial score (nSPS) is 23.7. The van der Waals surface area contributed by atoms with Crippen LogP contribution in [0.4, 0.5) is 0 Å². The number of amides is 1. The van der Waals surface area contributed by atoms with E-state index in [1.54, 1.807) is 18.2 Å². The maximum Gasteiger partial charge on any atom is 0.266 e. The average molecular weight is 271 g/mol. The molecular weight excluding hydrogens is 256 g/mol. The van der Waals surface area contributed by atoms with Gasteiger partial charge in [0.25, 0.3) is 5.91 Å². The zero-order valence-electron chi connectivity index (χ0n) is 9.78. The van der Waals surface area contributed by atoms with Gasteiger partial charge in [0.1, 0.15) is 5.60 Å². The van der Waals surface area contributed by atoms with E-state index >= 15 is 0 Å². The van der Waals surface area contributed by atoms with E-state index in [-0.39, 0.29) is 12.2 Å². The Labute approximate surface area is 110 Å². The Morgan fingerprint density at radius 3 is 2.94 bits per heavy atom. The van der Waals surface area contributed by atoms with Crippen LogP contribution in [0.1, 0.15) is 28.8 Å². The third-order valence-electron chi connectivity index (χ3n) is 3.10. The first kappa shape index (κ1) is 13.3. The molecule has 2 rings (SSSR count). The molecule has 0 aliphatic carbocycles. The zero-order chi connectivity index (χ0) is 13.2. The summed E-state index contributed by atoms with van der Waals surface area (Å²) in [5, 5.41) is 10.8. The Morgan fingerprint density at radius 2 is 2.33 bits per heavy atom. The summed E-state index contributed by atoms with van der Waals surface area (Å²) in [5.74, 6) is 4.60. The highest BCUT2D eigenvalue weighted by atomic mass is 35.5. The molecule has 1 fully saturated rings. The summed E-state index contributed by atoms with van der Waals surface area (Å²) in [7, 11) is 0. The standard InChI is InChI=1S/C12H15ClN2O3/c13-10-3-2-8(6-9(10)11(16)15-14)12(17)4-1-5-18-7-12/h2-3,6,17H,1,4-5,7,14H2,(H,15,16). The molecule has 0 radical (unpaired) electrons. The highest BCUT2D eigenvalue weighted by Crippen LogP contribution is 2.32. The molecule has 1 heterocycles. The maximum absolute atomic E-state index is 11.5. The number of nitrogens with one attached hydrogen (secondary N) is 1. The van der Waals surface area contributed by atoms with Gasteiger partial charge in [0.15, 0.2) is 0 Å². The van der Waals surface area contributed by atoms with Crippen molar-refractivity contribution in [3.05, 3.63) is 34.3 Å². The van der Waals surface area contributed by atoms with Gasteiger partial charge >= 0.3 is 0 Å². The Kier molecular flexibility index (Phi) is 3.87. The molecule has 0 spiro atoms. The van der Waals surface area contributed by atoms with Crippen LogP contribution in [0.3, 0.4) is 0 Å². The molecule has 1 aliphatic rings. The second-order valence-corrected chi connectivity index (χ2v) is 4.76. The summed E-state index contributed by atoms with van der Waals surface area (Å²) in [4.78, 5) is 11.5. The van der Waals surface area contributed by atoms with Gasteiger partial charge in [-0.15, -0.1) is 0 Å². The lowest BCUT2D eigenvalue weighted by Crippen LogP contribution is -2.36. The van der Waals surface area contributed by atoms with Gasteiger partial charge in [-0.2, -0.15) is 0 Å². The van der Waals surface area contributed by atoms with E-state index in [0.717, 1.165) is 6.42 Å². The van der Waals surface area contributed by atoms with Crippen LogP contribution in [0, 0.1) is 0 Å². The Hall–Kier alpha value is -1.14. The van der Waals surface area contributed by atoms with E-state index in [4.69, 9.17) is 22.2 Å². The number of carbonyl (C=O) groups is 1. The van der Waals surface area contributed by atoms with Gasteiger partial charge < -0.3 is 9.84 Å². The van der Waals surface area contributed by atoms with Crippen molar-refractivity contribution in [3.8, 4) is 0 Å². The van der Waals surface area contributed by atoms with Crippen molar-refractivity contribution in [3.63, 3.8) is 0 Å². The molecule has 1 aliphatic heterocycles. The summed E-state index contributed by atoms with van der Waals surface area (Å²) in [6, 6.07) is 4.83. The number of hydrazine groups is 1. The number of nitrogen functional groups attached to an aromatic ring is 1. The van der Waals surface area contributed by atoms with Crippen LogP contribution in [0.2, 0.25) is 5.02 Å². The van der Waals surface area contributed by atoms with Gasteiger partial charge in [0, 0.05) is 6.61 Å². The molecule has 4 N–H and O–H groups in total. The first-order chi connectivity index (χ1) is 8.57. The number of ether oxygens (including phenoxy) is 1. The largest absolute Gasteiger partial charge is 0.383 e. The molecule has 98 valence electrons. The van der Waals surface area contributed by atoms with Crippen molar-refractivity contribution in [1.29, 1.82) is 0 Å². The number of aliphatic hydroxyl groups is 1. The summed E-state index contributed by atoms with van der Waals surface area (Å²) in [6.07, 6.45) is 1.37. The molecule has 0 saturated carbocycles. The Bertz CT molecular complexity index is 459. The highest BCUT2D eigenvalue weighted by Gasteiger charge is 2.32. The van der Waals surface area contributed by atoms with Gasteiger partial charge in [-0.05, 0) is 30.5 Å². The molecule has 0 aromatic heterocycles. The molecule has 5 nitrogen and oxygen atoms in total. The fourth-order valence-electron chi connectivity index (χ4n) is 2.07. The van der Waals surface area contributed by atoms with Crippen molar-refractivity contribution in [2.24, 2.45) is 5.84 Å². The molecule has 1 unspecified atom stereocenters. The molecule has 18 heavy (non-hydrogen) atoms. The van der Waals surface area contributed by atoms with Crippen molar-refractivity contribution < 1.29 is 14.6 Å². The van der Waals surface area contributed by atoms with Crippen LogP contribution < -0.4 is 11.3 Å². The molecule has 1 atom stereocenters. The van der Waals surface area contributed by atoms with Crippen LogP contribution in [-0.4, -0.2) is 24.2 Å². The van der Waals surface area contributed by atoms with Crippen LogP contribution in [0.5, 0.6) is 0 Å². The highest BCUT2D eigenvalue weighted by molar-refractivity contribution is 6.33. The van der Waals surface area contributed by atoms with Gasteiger partial charge in [-0.3, -0.25) is 10.2 Å². The summed E-state index contributed by atoms with van der Waals surface area (Å²) in [5.41, 5.74) is 1.83. The predicted molar refractivity (Wildman–Crippen MR) is 67.1 cm³/mol. The van der Waals surface area contributed by atoms with Crippen LogP contribution in [0.15, 0.2) is 18.2 Å². The molecule has 6 heteroatoms. The smallest absolute Gasteiger partial charge is 0.266 e. The minimum atomic E-state index is -1.06. The number of nitrogens with two attached hydrogens (primary N) is 1. The lowest BCUT2D eigenvalue weighted by Gasteiger charge is -2.32. The topological polar surface area (TPSA) is 84.6 Å². The minimum absolute atomic E-state index is 0.221. The van der Waals surface area contributed by atoms with Crippen LogP contribution in [0.25, 0.3) is 0 Å². The van der Waals surface area contributed by atoms with E-state index in [9.17, 15) is 9.90 Å². The molecule has 1 amide bonds. The molecular formula is C12H15ClN2O3. The number of rotatable bonds is 2. The van der Waals surface area contributed by atoms with Gasteiger partial charge in [-0.25, -0.2) is 5.84 Å². The van der Waals surface area contributed by atoms with Crippen LogP contribution >= 0.6 is 11.6 Å². The number of hydrogen-bond acceptors (Lipinski definition) is 4. The Balaban J connectivity index is 2.37. The zero-order valence-corrected chi connectivity index (χ0v) is 10.5. The second kappa shape index (κ2) is 5.24. The van der Waals surface area contributed by atoms with Crippen LogP contribution in [-0.2, 0) is 10.3 Å². The summed E-state index contributed by atoms with van der Waals surface area (Å²) >= 11 is 5.92. The number of carbonyl (C=O) groups excluding carboxylic acids is 1. The van der Waals surface area contributed by atoms with Crippen molar-refractivity contribution >= 4 is 17.5 Å². The predicted octanol–water partition coefficient (Wildman–Crippen LogP) is 0.941. The van der Waals surface area contributed by atoms with Gasteiger partial charge in [-0.1, -0.05) is 17.7 Å². The van der Waals surface area contributed by atoms with Gasteiger partial charge in [0.2, 0.25) is 0 Å². The lowest BCUT2D eigenvalue weighted by molar-refractivity contribution is -0.0902. The fraction of sp³-hybridized carbons (Fsp3) is 0.417. The molecule has 0 bridgehead atoms. The fourth-order valence-corrected chi connectivity index (χ4v) is 2.28. The van der Waals surface area contributed by atoms with E-state index < -0.39 is 11.5 Å². The third-order valence-corrected chi connectivity index (χ3v) is 3.43. The molecule has 1 aromatic carbocycles. The van der Waals surface area contributed by atoms with E-state index in [2.05, 4.69) is 0 Å². The van der Waals surface area contributed by atoms with Gasteiger partial charge in [0.05, 0.1) is 17.2 Å². The molecule has 1 saturated heterocycles. The second-order valence-electron chi connectivity index (χ2n) is 4.36. The van der Waals surface area contributed by atoms with Crippen molar-refractivity contribution in [2.75, 3.05) is 13.2 Å². The minimum Gasteiger partial charge on any atom is -0.383 e. The van der Waals surface area contributed by atoms with Crippen molar-refractivity contribution in [1.82, 2.24) is 5.43 Å². The number of benzene rings is 1. The first-order valence-corrected chi connectivity index (χ1v) is 6.06. The maximum atomic E-state index is 11.5. The lowest BCUT2D eigenvalue weighted by atomic mass is 9.87. The summed E-state index contributed by atoms with van der Waals surface area (Å²) < 4.78 is 5.29. The number of halogens is 1.